The van der Waals surface area contributed by atoms with Crippen molar-refractivity contribution in [1.29, 1.82) is 0 Å². The van der Waals surface area contributed by atoms with Crippen LogP contribution < -0.4 is 5.73 Å². The van der Waals surface area contributed by atoms with Crippen LogP contribution in [0.25, 0.3) is 0 Å². The second kappa shape index (κ2) is 7.04. The molecule has 1 atom stereocenters. The number of amides is 1. The molecule has 1 amide bonds. The number of nitrogens with two attached hydrogens (primary N) is 1. The molecule has 1 unspecified atom stereocenters. The van der Waals surface area contributed by atoms with Gasteiger partial charge < -0.3 is 10.6 Å². The van der Waals surface area contributed by atoms with Crippen molar-refractivity contribution in [3.8, 4) is 0 Å². The average Bonchev–Trinajstić information content (AvgIpc) is 2.37. The maximum Gasteiger partial charge on any atom is 0.229 e. The molecular weight excluding hydrogens is 224 g/mol. The minimum atomic E-state index is -0.125. The monoisotopic (exact) mass is 248 g/mol. The van der Waals surface area contributed by atoms with E-state index in [0.717, 1.165) is 18.5 Å². The van der Waals surface area contributed by atoms with E-state index in [0.29, 0.717) is 5.69 Å². The van der Waals surface area contributed by atoms with Crippen LogP contribution in [0, 0.1) is 0 Å². The summed E-state index contributed by atoms with van der Waals surface area (Å²) in [5.74, 6) is 0.0387. The summed E-state index contributed by atoms with van der Waals surface area (Å²) >= 11 is 0. The van der Waals surface area contributed by atoms with Crippen molar-refractivity contribution in [3.63, 3.8) is 0 Å². The van der Waals surface area contributed by atoms with Crippen LogP contribution in [0.1, 0.15) is 44.6 Å². The Balaban J connectivity index is 2.60. The summed E-state index contributed by atoms with van der Waals surface area (Å²) in [7, 11) is 1.88. The first-order valence-corrected chi connectivity index (χ1v) is 6.66. The van der Waals surface area contributed by atoms with Crippen LogP contribution in [-0.2, 0) is 4.79 Å². The summed E-state index contributed by atoms with van der Waals surface area (Å²) in [5.41, 5.74) is 7.44. The highest BCUT2D eigenvalue weighted by molar-refractivity contribution is 5.83. The average molecular weight is 248 g/mol. The molecular formula is C15H24N2O. The zero-order valence-corrected chi connectivity index (χ0v) is 11.6. The summed E-state index contributed by atoms with van der Waals surface area (Å²) < 4.78 is 0. The Labute approximate surface area is 110 Å². The van der Waals surface area contributed by atoms with E-state index in [2.05, 4.69) is 6.92 Å². The molecule has 0 radical (unpaired) electrons. The second-order valence-corrected chi connectivity index (χ2v) is 4.86. The number of nitrogen functional groups attached to an aromatic ring is 1. The van der Waals surface area contributed by atoms with Gasteiger partial charge in [-0.3, -0.25) is 4.79 Å². The van der Waals surface area contributed by atoms with Gasteiger partial charge in [-0.05, 0) is 31.0 Å². The van der Waals surface area contributed by atoms with Crippen LogP contribution in [-0.4, -0.2) is 24.4 Å². The quantitative estimate of drug-likeness (QED) is 0.621. The lowest BCUT2D eigenvalue weighted by atomic mass is 9.99. The van der Waals surface area contributed by atoms with E-state index in [1.54, 1.807) is 0 Å². The Morgan fingerprint density at radius 2 is 2.11 bits per heavy atom. The number of hydrogen-bond donors (Lipinski definition) is 1. The van der Waals surface area contributed by atoms with E-state index < -0.39 is 0 Å². The molecule has 18 heavy (non-hydrogen) atoms. The summed E-state index contributed by atoms with van der Waals surface area (Å²) in [4.78, 5) is 14.1. The van der Waals surface area contributed by atoms with Crippen LogP contribution in [0.5, 0.6) is 0 Å². The highest BCUT2D eigenvalue weighted by atomic mass is 16.2. The fourth-order valence-corrected chi connectivity index (χ4v) is 2.01. The molecule has 0 aliphatic heterocycles. The van der Waals surface area contributed by atoms with Crippen LogP contribution in [0.15, 0.2) is 24.3 Å². The minimum absolute atomic E-state index is 0.125. The highest BCUT2D eigenvalue weighted by Crippen LogP contribution is 2.19. The van der Waals surface area contributed by atoms with Gasteiger partial charge in [-0.1, -0.05) is 31.9 Å². The summed E-state index contributed by atoms with van der Waals surface area (Å²) in [6, 6.07) is 7.57. The number of anilines is 1. The van der Waals surface area contributed by atoms with Crippen molar-refractivity contribution in [2.24, 2.45) is 0 Å². The van der Waals surface area contributed by atoms with E-state index in [9.17, 15) is 4.79 Å². The standard InChI is InChI=1S/C15H24N2O/c1-4-5-6-10-17(3)15(18)12(2)13-8-7-9-14(16)11-13/h7-9,11-12H,4-6,10,16H2,1-3H3. The van der Waals surface area contributed by atoms with Gasteiger partial charge in [0, 0.05) is 19.3 Å². The zero-order valence-electron chi connectivity index (χ0n) is 11.6. The molecule has 0 saturated heterocycles. The van der Waals surface area contributed by atoms with Crippen molar-refractivity contribution < 1.29 is 4.79 Å². The lowest BCUT2D eigenvalue weighted by Gasteiger charge is -2.21. The molecule has 0 fully saturated rings. The number of rotatable bonds is 6. The van der Waals surface area contributed by atoms with Crippen molar-refractivity contribution in [2.45, 2.75) is 39.0 Å². The predicted molar refractivity (Wildman–Crippen MR) is 76.4 cm³/mol. The number of carbonyl (C=O) groups is 1. The smallest absolute Gasteiger partial charge is 0.229 e. The predicted octanol–water partition coefficient (Wildman–Crippen LogP) is 3.02. The SMILES string of the molecule is CCCCCN(C)C(=O)C(C)c1cccc(N)c1. The molecule has 1 rings (SSSR count). The van der Waals surface area contributed by atoms with Gasteiger partial charge in [0.05, 0.1) is 5.92 Å². The van der Waals surface area contributed by atoms with Crippen molar-refractivity contribution >= 4 is 11.6 Å². The first-order valence-electron chi connectivity index (χ1n) is 6.66. The summed E-state index contributed by atoms with van der Waals surface area (Å²) in [6.07, 6.45) is 3.42. The molecule has 0 aliphatic rings. The molecule has 0 aliphatic carbocycles. The van der Waals surface area contributed by atoms with E-state index in [1.807, 2.05) is 43.1 Å². The van der Waals surface area contributed by atoms with Gasteiger partial charge in [0.1, 0.15) is 0 Å². The third-order valence-corrected chi connectivity index (χ3v) is 3.25. The number of carbonyl (C=O) groups excluding carboxylic acids is 1. The van der Waals surface area contributed by atoms with Crippen LogP contribution in [0.4, 0.5) is 5.69 Å². The fourth-order valence-electron chi connectivity index (χ4n) is 2.01. The molecule has 3 nitrogen and oxygen atoms in total. The summed E-state index contributed by atoms with van der Waals surface area (Å²) in [5, 5.41) is 0. The Morgan fingerprint density at radius 3 is 2.72 bits per heavy atom. The van der Waals surface area contributed by atoms with Crippen LogP contribution in [0.3, 0.4) is 0 Å². The van der Waals surface area contributed by atoms with E-state index in [4.69, 9.17) is 5.73 Å². The molecule has 1 aromatic rings. The van der Waals surface area contributed by atoms with E-state index >= 15 is 0 Å². The lowest BCUT2D eigenvalue weighted by molar-refractivity contribution is -0.131. The van der Waals surface area contributed by atoms with Gasteiger partial charge >= 0.3 is 0 Å². The second-order valence-electron chi connectivity index (χ2n) is 4.86. The van der Waals surface area contributed by atoms with Crippen molar-refractivity contribution in [2.75, 3.05) is 19.3 Å². The van der Waals surface area contributed by atoms with Gasteiger partial charge in [0.2, 0.25) is 5.91 Å². The first kappa shape index (κ1) is 14.6. The molecule has 0 spiro atoms. The number of benzene rings is 1. The maximum absolute atomic E-state index is 12.2. The minimum Gasteiger partial charge on any atom is -0.399 e. The van der Waals surface area contributed by atoms with E-state index in [1.165, 1.54) is 12.8 Å². The fraction of sp³-hybridized carbons (Fsp3) is 0.533. The molecule has 0 heterocycles. The Kier molecular flexibility index (Phi) is 5.69. The van der Waals surface area contributed by atoms with Gasteiger partial charge in [-0.2, -0.15) is 0 Å². The maximum atomic E-state index is 12.2. The largest absolute Gasteiger partial charge is 0.399 e. The molecule has 0 saturated carbocycles. The van der Waals surface area contributed by atoms with Gasteiger partial charge in [-0.25, -0.2) is 0 Å². The van der Waals surface area contributed by atoms with E-state index in [-0.39, 0.29) is 11.8 Å². The normalized spacial score (nSPS) is 12.2. The number of nitrogens with zero attached hydrogens (tertiary/aromatic N) is 1. The summed E-state index contributed by atoms with van der Waals surface area (Å²) in [6.45, 7) is 4.93. The number of likely N-dealkylation sites (N-methyl/N-ethyl adjacent to an activating group) is 1. The Hall–Kier alpha value is -1.51. The Bertz CT molecular complexity index is 390. The highest BCUT2D eigenvalue weighted by Gasteiger charge is 2.18. The van der Waals surface area contributed by atoms with Crippen LogP contribution in [0.2, 0.25) is 0 Å². The molecule has 1 aromatic carbocycles. The lowest BCUT2D eigenvalue weighted by Crippen LogP contribution is -2.31. The molecule has 0 aromatic heterocycles. The third-order valence-electron chi connectivity index (χ3n) is 3.25. The number of hydrogen-bond acceptors (Lipinski definition) is 2. The molecule has 100 valence electrons. The van der Waals surface area contributed by atoms with Gasteiger partial charge in [0.15, 0.2) is 0 Å². The van der Waals surface area contributed by atoms with Crippen LogP contribution >= 0.6 is 0 Å². The third kappa shape index (κ3) is 4.06. The Morgan fingerprint density at radius 1 is 1.39 bits per heavy atom. The molecule has 2 N–H and O–H groups in total. The molecule has 0 bridgehead atoms. The molecule has 3 heteroatoms. The van der Waals surface area contributed by atoms with Crippen molar-refractivity contribution in [3.05, 3.63) is 29.8 Å². The van der Waals surface area contributed by atoms with Gasteiger partial charge in [0.25, 0.3) is 0 Å². The first-order chi connectivity index (χ1) is 8.56. The topological polar surface area (TPSA) is 46.3 Å². The number of unbranched alkanes of at least 4 members (excludes halogenated alkanes) is 2. The van der Waals surface area contributed by atoms with Gasteiger partial charge in [-0.15, -0.1) is 0 Å². The zero-order chi connectivity index (χ0) is 13.5. The van der Waals surface area contributed by atoms with Crippen molar-refractivity contribution in [1.82, 2.24) is 4.90 Å².